The van der Waals surface area contributed by atoms with E-state index in [1.807, 2.05) is 37.3 Å². The van der Waals surface area contributed by atoms with Gasteiger partial charge in [0, 0.05) is 23.5 Å². The van der Waals surface area contributed by atoms with Crippen LogP contribution < -0.4 is 15.0 Å². The Bertz CT molecular complexity index is 1570. The number of hydrogen-bond donors (Lipinski definition) is 2. The van der Waals surface area contributed by atoms with Crippen LogP contribution in [-0.4, -0.2) is 88.6 Å². The van der Waals surface area contributed by atoms with Crippen molar-refractivity contribution in [2.24, 2.45) is 11.8 Å². The van der Waals surface area contributed by atoms with Gasteiger partial charge in [-0.25, -0.2) is 0 Å². The number of allylic oxidation sites excluding steroid dienone is 1. The number of aliphatic hydroxyl groups excluding tert-OH is 1. The molecule has 1 unspecified atom stereocenters. The van der Waals surface area contributed by atoms with Crippen LogP contribution in [0.4, 0.5) is 5.69 Å². The Morgan fingerprint density at radius 3 is 2.46 bits per heavy atom. The number of nitrogens with zero attached hydrogens (tertiary/aromatic N) is 2. The third-order valence-corrected chi connectivity index (χ3v) is 10.9. The summed E-state index contributed by atoms with van der Waals surface area (Å²) in [6.45, 7) is 10.9. The van der Waals surface area contributed by atoms with Crippen LogP contribution in [0.15, 0.2) is 79.9 Å². The van der Waals surface area contributed by atoms with E-state index in [2.05, 4.69) is 34.4 Å². The number of methoxy groups -OCH3 is 1. The average Bonchev–Trinajstić information content (AvgIpc) is 3.72. The third-order valence-electron chi connectivity index (χ3n) is 10.1. The molecule has 0 aromatic heterocycles. The number of halogens is 1. The summed E-state index contributed by atoms with van der Waals surface area (Å²) >= 11 is 3.72. The topological polar surface area (TPSA) is 135 Å². The monoisotopic (exact) mass is 751 g/mol. The molecular weight excluding hydrogens is 706 g/mol. The number of ether oxygens (including phenoxy) is 3. The zero-order valence-electron chi connectivity index (χ0n) is 28.7. The van der Waals surface area contributed by atoms with E-state index in [1.165, 1.54) is 9.80 Å². The van der Waals surface area contributed by atoms with Crippen LogP contribution >= 0.6 is 15.9 Å². The fourth-order valence-electron chi connectivity index (χ4n) is 7.72. The molecule has 12 heteroatoms. The van der Waals surface area contributed by atoms with Gasteiger partial charge in [-0.1, -0.05) is 65.3 Å². The number of likely N-dealkylation sites (tertiary alicyclic amines) is 1. The van der Waals surface area contributed by atoms with E-state index in [-0.39, 0.29) is 36.7 Å². The molecule has 2 aromatic carbocycles. The van der Waals surface area contributed by atoms with Crippen molar-refractivity contribution in [3.05, 3.63) is 85.5 Å². The molecule has 3 aliphatic heterocycles. The number of benzene rings is 2. The van der Waals surface area contributed by atoms with Gasteiger partial charge < -0.3 is 34.4 Å². The molecule has 1 spiro atoms. The number of carbonyl (C=O) groups is 4. The summed E-state index contributed by atoms with van der Waals surface area (Å²) in [6, 6.07) is 13.6. The van der Waals surface area contributed by atoms with Gasteiger partial charge in [-0.15, -0.1) is 13.2 Å². The second-order valence-corrected chi connectivity index (χ2v) is 14.2. The highest BCUT2D eigenvalue weighted by molar-refractivity contribution is 9.09. The van der Waals surface area contributed by atoms with Gasteiger partial charge in [0.05, 0.1) is 43.7 Å². The molecule has 3 heterocycles. The minimum atomic E-state index is -1.38. The molecular formula is C38H46BrN3O8. The van der Waals surface area contributed by atoms with Gasteiger partial charge in [-0.05, 0) is 56.0 Å². The number of alkyl halides is 1. The molecule has 2 bridgehead atoms. The zero-order chi connectivity index (χ0) is 36.2. The molecule has 3 aliphatic rings. The van der Waals surface area contributed by atoms with Crippen molar-refractivity contribution in [1.29, 1.82) is 0 Å². The van der Waals surface area contributed by atoms with Crippen LogP contribution in [0.1, 0.15) is 51.2 Å². The predicted octanol–water partition coefficient (Wildman–Crippen LogP) is 4.49. The van der Waals surface area contributed by atoms with E-state index in [0.717, 1.165) is 0 Å². The summed E-state index contributed by atoms with van der Waals surface area (Å²) in [5, 5.41) is 13.4. The predicted molar refractivity (Wildman–Crippen MR) is 192 cm³/mol. The smallest absolute Gasteiger partial charge is 0.313 e. The first-order valence-corrected chi connectivity index (χ1v) is 17.9. The van der Waals surface area contributed by atoms with E-state index < -0.39 is 65.6 Å². The molecule has 3 amide bonds. The lowest BCUT2D eigenvalue weighted by atomic mass is 9.70. The van der Waals surface area contributed by atoms with Crippen LogP contribution in [0, 0.1) is 11.8 Å². The Morgan fingerprint density at radius 1 is 1.16 bits per heavy atom. The zero-order valence-corrected chi connectivity index (χ0v) is 30.3. The third kappa shape index (κ3) is 6.85. The number of nitrogens with one attached hydrogen (secondary N) is 1. The largest absolute Gasteiger partial charge is 0.497 e. The van der Waals surface area contributed by atoms with E-state index in [4.69, 9.17) is 14.2 Å². The first kappa shape index (κ1) is 37.3. The molecule has 0 aliphatic carbocycles. The number of rotatable bonds is 16. The van der Waals surface area contributed by atoms with Gasteiger partial charge in [-0.3, -0.25) is 19.2 Å². The molecule has 3 fully saturated rings. The number of fused-ring (bicyclic) bond motifs is 1. The highest BCUT2D eigenvalue weighted by Crippen LogP contribution is 2.61. The number of amides is 3. The van der Waals surface area contributed by atoms with Crippen molar-refractivity contribution in [2.75, 3.05) is 25.2 Å². The summed E-state index contributed by atoms with van der Waals surface area (Å²) < 4.78 is 18.3. The van der Waals surface area contributed by atoms with E-state index in [1.54, 1.807) is 50.5 Å². The molecule has 9 atom stereocenters. The Kier molecular flexibility index (Phi) is 11.9. The quantitative estimate of drug-likeness (QED) is 0.146. The van der Waals surface area contributed by atoms with Crippen LogP contribution in [0.3, 0.4) is 0 Å². The Morgan fingerprint density at radius 2 is 1.86 bits per heavy atom. The molecule has 50 heavy (non-hydrogen) atoms. The summed E-state index contributed by atoms with van der Waals surface area (Å²) in [7, 11) is 1.55. The molecule has 11 nitrogen and oxygen atoms in total. The van der Waals surface area contributed by atoms with E-state index >= 15 is 0 Å². The van der Waals surface area contributed by atoms with Crippen molar-refractivity contribution in [3.63, 3.8) is 0 Å². The van der Waals surface area contributed by atoms with Crippen LogP contribution in [0.25, 0.3) is 0 Å². The van der Waals surface area contributed by atoms with Gasteiger partial charge in [0.2, 0.25) is 11.8 Å². The minimum absolute atomic E-state index is 0.141. The lowest BCUT2D eigenvalue weighted by molar-refractivity contribution is -0.162. The van der Waals surface area contributed by atoms with E-state index in [9.17, 15) is 24.3 Å². The van der Waals surface area contributed by atoms with Crippen molar-refractivity contribution in [1.82, 2.24) is 10.2 Å². The highest BCUT2D eigenvalue weighted by atomic mass is 79.9. The fraction of sp³-hybridized carbons (Fsp3) is 0.474. The van der Waals surface area contributed by atoms with Crippen molar-refractivity contribution >= 4 is 45.3 Å². The summed E-state index contributed by atoms with van der Waals surface area (Å²) in [6.07, 6.45) is 3.02. The summed E-state index contributed by atoms with van der Waals surface area (Å²) in [5.74, 6) is -3.21. The Labute approximate surface area is 301 Å². The SMILES string of the molecule is C=CCCC(=O)N[C@H](C)[C@@H](OC(=O)[C@H]1[C@@H]2O[C@@]3(CC2Br)[C@@H]1C(=O)N([C@@H](CC)CO)[C@@H]3C(=O)N(CC=C)c1ccc(OC)cc1)c1ccccc1. The molecule has 0 saturated carbocycles. The maximum absolute atomic E-state index is 14.8. The second-order valence-electron chi connectivity index (χ2n) is 13.0. The maximum Gasteiger partial charge on any atom is 0.313 e. The average molecular weight is 753 g/mol. The van der Waals surface area contributed by atoms with Crippen molar-refractivity contribution < 1.29 is 38.5 Å². The van der Waals surface area contributed by atoms with E-state index in [0.29, 0.717) is 29.8 Å². The lowest BCUT2D eigenvalue weighted by Gasteiger charge is -2.39. The first-order valence-electron chi connectivity index (χ1n) is 17.0. The molecule has 268 valence electrons. The van der Waals surface area contributed by atoms with Crippen LogP contribution in [-0.2, 0) is 28.7 Å². The van der Waals surface area contributed by atoms with Gasteiger partial charge in [0.25, 0.3) is 5.91 Å². The lowest BCUT2D eigenvalue weighted by Crippen LogP contribution is -2.59. The van der Waals surface area contributed by atoms with Gasteiger partial charge >= 0.3 is 5.97 Å². The molecule has 0 radical (unpaired) electrons. The summed E-state index contributed by atoms with van der Waals surface area (Å²) in [5.41, 5.74) is -0.142. The minimum Gasteiger partial charge on any atom is -0.497 e. The molecule has 2 N–H and O–H groups in total. The van der Waals surface area contributed by atoms with Gasteiger partial charge in [0.15, 0.2) is 0 Å². The molecule has 2 aromatic rings. The fourth-order valence-corrected chi connectivity index (χ4v) is 8.67. The number of hydrogen-bond acceptors (Lipinski definition) is 8. The van der Waals surface area contributed by atoms with Crippen molar-refractivity contribution in [2.45, 2.75) is 80.3 Å². The van der Waals surface area contributed by atoms with Crippen LogP contribution in [0.2, 0.25) is 0 Å². The Hall–Kier alpha value is -4.00. The number of aliphatic hydroxyl groups is 1. The second kappa shape index (κ2) is 15.9. The number of esters is 1. The van der Waals surface area contributed by atoms with Crippen molar-refractivity contribution in [3.8, 4) is 5.75 Å². The van der Waals surface area contributed by atoms with Crippen LogP contribution in [0.5, 0.6) is 5.75 Å². The maximum atomic E-state index is 14.8. The number of carbonyl (C=O) groups excluding carboxylic acids is 4. The normalized spacial score (nSPS) is 26.8. The molecule has 3 saturated heterocycles. The Balaban J connectivity index is 1.52. The molecule has 5 rings (SSSR count). The van der Waals surface area contributed by atoms with Gasteiger partial charge in [-0.2, -0.15) is 0 Å². The number of anilines is 1. The summed E-state index contributed by atoms with van der Waals surface area (Å²) in [4.78, 5) is 59.2. The van der Waals surface area contributed by atoms with Gasteiger partial charge in [0.1, 0.15) is 23.5 Å². The highest BCUT2D eigenvalue weighted by Gasteiger charge is 2.77. The standard InChI is InChI=1S/C38H46BrN3O8/c1-6-9-15-29(44)40-23(4)32(24-13-11-10-12-14-24)49-37(47)30-31-35(45)42(25(8-3)22-43)34(38(31)21-28(39)33(30)50-38)36(46)41(20-7-2)26-16-18-27(48-5)19-17-26/h6-7,10-14,16-19,23,25,28,30-34,43H,1-2,8-9,15,20-22H2,3-5H3,(H,40,44)/t23-,25+,28?,30-,31+,32-,33-,34-,38+/m1/s1. The first-order chi connectivity index (χ1) is 24.1.